The number of hydrazone groups is 1. The number of methoxy groups -OCH3 is 1. The number of aromatic nitrogens is 1. The molecule has 0 fully saturated rings. The molecule has 0 saturated carbocycles. The maximum absolute atomic E-state index is 12.9. The number of benzene rings is 5. The Labute approximate surface area is 256 Å². The highest BCUT2D eigenvalue weighted by Gasteiger charge is 2.14. The van der Waals surface area contributed by atoms with Gasteiger partial charge in [0.2, 0.25) is 0 Å². The van der Waals surface area contributed by atoms with Crippen LogP contribution in [-0.2, 0) is 6.61 Å². The van der Waals surface area contributed by atoms with Crippen LogP contribution < -0.4 is 14.9 Å². The number of hydrogen-bond acceptors (Lipinski definition) is 4. The number of nitrogens with zero attached hydrogens (tertiary/aromatic N) is 2. The lowest BCUT2D eigenvalue weighted by Crippen LogP contribution is -2.17. The maximum atomic E-state index is 12.9. The highest BCUT2D eigenvalue weighted by molar-refractivity contribution is 5.95. The molecule has 0 bridgehead atoms. The van der Waals surface area contributed by atoms with E-state index < -0.39 is 0 Å². The Morgan fingerprint density at radius 3 is 1.89 bits per heavy atom. The predicted octanol–water partition coefficient (Wildman–Crippen LogP) is 8.16. The van der Waals surface area contributed by atoms with E-state index in [0.717, 1.165) is 39.3 Å². The van der Waals surface area contributed by atoms with Crippen LogP contribution in [0.15, 0.2) is 151 Å². The van der Waals surface area contributed by atoms with Crippen molar-refractivity contribution in [2.75, 3.05) is 7.11 Å². The van der Waals surface area contributed by atoms with Gasteiger partial charge in [-0.05, 0) is 76.9 Å². The fourth-order valence-electron chi connectivity index (χ4n) is 4.99. The van der Waals surface area contributed by atoms with Gasteiger partial charge in [-0.25, -0.2) is 5.43 Å². The molecule has 5 aromatic carbocycles. The van der Waals surface area contributed by atoms with E-state index in [-0.39, 0.29) is 5.91 Å². The first-order valence-electron chi connectivity index (χ1n) is 14.3. The summed E-state index contributed by atoms with van der Waals surface area (Å²) in [7, 11) is 1.59. The molecule has 0 saturated heterocycles. The molecule has 0 unspecified atom stereocenters. The Hall–Kier alpha value is -5.88. The lowest BCUT2D eigenvalue weighted by atomic mass is 10.1. The quantitative estimate of drug-likeness (QED) is 0.132. The Morgan fingerprint density at radius 1 is 0.705 bits per heavy atom. The Bertz CT molecular complexity index is 1810. The van der Waals surface area contributed by atoms with Crippen LogP contribution in [0.2, 0.25) is 0 Å². The molecule has 0 aliphatic rings. The first kappa shape index (κ1) is 28.2. The van der Waals surface area contributed by atoms with Crippen LogP contribution >= 0.6 is 0 Å². The van der Waals surface area contributed by atoms with Gasteiger partial charge in [-0.15, -0.1) is 0 Å². The van der Waals surface area contributed by atoms with Crippen LogP contribution in [0.5, 0.6) is 11.5 Å². The van der Waals surface area contributed by atoms with Gasteiger partial charge >= 0.3 is 0 Å². The number of hydrogen-bond donors (Lipinski definition) is 1. The van der Waals surface area contributed by atoms with Crippen LogP contribution in [-0.4, -0.2) is 23.8 Å². The number of amides is 1. The van der Waals surface area contributed by atoms with E-state index in [1.807, 2.05) is 109 Å². The molecule has 1 heterocycles. The van der Waals surface area contributed by atoms with Gasteiger partial charge in [0.25, 0.3) is 5.91 Å². The standard InChI is InChI=1S/C38H31N3O3/c1-43-37-25-29(17-24-36(37)44-27-28-11-5-2-6-12-28)26-39-40-38(42)32-18-20-33(21-19-32)41-34(30-13-7-3-8-14-30)22-23-35(41)31-15-9-4-10-16-31/h2-26H,27H2,1H3,(H,40,42). The first-order valence-corrected chi connectivity index (χ1v) is 14.3. The van der Waals surface area contributed by atoms with Gasteiger partial charge in [0.05, 0.1) is 24.7 Å². The van der Waals surface area contributed by atoms with Gasteiger partial charge < -0.3 is 14.0 Å². The molecule has 6 rings (SSSR count). The van der Waals surface area contributed by atoms with Crippen LogP contribution in [0.1, 0.15) is 21.5 Å². The molecule has 0 aliphatic heterocycles. The normalized spacial score (nSPS) is 10.9. The molecule has 6 nitrogen and oxygen atoms in total. The smallest absolute Gasteiger partial charge is 0.271 e. The monoisotopic (exact) mass is 577 g/mol. The Balaban J connectivity index is 1.16. The third kappa shape index (κ3) is 6.45. The Morgan fingerprint density at radius 2 is 1.30 bits per heavy atom. The number of rotatable bonds is 10. The molecule has 0 atom stereocenters. The average molecular weight is 578 g/mol. The average Bonchev–Trinajstić information content (AvgIpc) is 3.54. The summed E-state index contributed by atoms with van der Waals surface area (Å²) < 4.78 is 13.7. The summed E-state index contributed by atoms with van der Waals surface area (Å²) in [6.45, 7) is 0.435. The second kappa shape index (κ2) is 13.4. The molecule has 6 aromatic rings. The van der Waals surface area contributed by atoms with Gasteiger partial charge in [0.15, 0.2) is 11.5 Å². The Kier molecular flexibility index (Phi) is 8.60. The van der Waals surface area contributed by atoms with Gasteiger partial charge in [-0.3, -0.25) is 4.79 Å². The molecule has 216 valence electrons. The molecule has 1 amide bonds. The molecule has 6 heteroatoms. The van der Waals surface area contributed by atoms with Crippen molar-refractivity contribution in [2.24, 2.45) is 5.10 Å². The van der Waals surface area contributed by atoms with E-state index in [1.54, 1.807) is 13.3 Å². The van der Waals surface area contributed by atoms with Gasteiger partial charge in [-0.1, -0.05) is 91.0 Å². The van der Waals surface area contributed by atoms with E-state index in [9.17, 15) is 4.79 Å². The van der Waals surface area contributed by atoms with E-state index >= 15 is 0 Å². The molecule has 1 aromatic heterocycles. The van der Waals surface area contributed by atoms with Crippen molar-refractivity contribution < 1.29 is 14.3 Å². The topological polar surface area (TPSA) is 64.8 Å². The summed E-state index contributed by atoms with van der Waals surface area (Å²) in [5.74, 6) is 0.911. The molecule has 0 spiro atoms. The van der Waals surface area contributed by atoms with Crippen LogP contribution in [0.4, 0.5) is 0 Å². The summed E-state index contributed by atoms with van der Waals surface area (Å²) in [4.78, 5) is 12.9. The van der Waals surface area contributed by atoms with Crippen molar-refractivity contribution in [1.82, 2.24) is 9.99 Å². The maximum Gasteiger partial charge on any atom is 0.271 e. The van der Waals surface area contributed by atoms with Crippen molar-refractivity contribution in [3.8, 4) is 39.7 Å². The molecule has 1 N–H and O–H groups in total. The second-order valence-electron chi connectivity index (χ2n) is 10.1. The summed E-state index contributed by atoms with van der Waals surface area (Å²) in [5, 5.41) is 4.17. The summed E-state index contributed by atoms with van der Waals surface area (Å²) in [6.07, 6.45) is 1.58. The summed E-state index contributed by atoms with van der Waals surface area (Å²) >= 11 is 0. The van der Waals surface area contributed by atoms with E-state index in [1.165, 1.54) is 0 Å². The fraction of sp³-hybridized carbons (Fsp3) is 0.0526. The van der Waals surface area contributed by atoms with Crippen molar-refractivity contribution in [2.45, 2.75) is 6.61 Å². The van der Waals surface area contributed by atoms with E-state index in [0.29, 0.717) is 23.7 Å². The zero-order valence-electron chi connectivity index (χ0n) is 24.3. The largest absolute Gasteiger partial charge is 0.493 e. The third-order valence-corrected chi connectivity index (χ3v) is 7.21. The first-order chi connectivity index (χ1) is 21.7. The van der Waals surface area contributed by atoms with E-state index in [4.69, 9.17) is 9.47 Å². The minimum atomic E-state index is -0.304. The highest BCUT2D eigenvalue weighted by Crippen LogP contribution is 2.32. The van der Waals surface area contributed by atoms with Gasteiger partial charge in [-0.2, -0.15) is 5.10 Å². The van der Waals surface area contributed by atoms with Gasteiger partial charge in [0.1, 0.15) is 6.61 Å². The van der Waals surface area contributed by atoms with Crippen LogP contribution in [0.3, 0.4) is 0 Å². The number of carbonyl (C=O) groups excluding carboxylic acids is 1. The van der Waals surface area contributed by atoms with Crippen LogP contribution in [0.25, 0.3) is 28.2 Å². The minimum Gasteiger partial charge on any atom is -0.493 e. The SMILES string of the molecule is COc1cc(C=NNC(=O)c2ccc(-n3c(-c4ccccc4)ccc3-c3ccccc3)cc2)ccc1OCc1ccccc1. The van der Waals surface area contributed by atoms with Crippen molar-refractivity contribution in [1.29, 1.82) is 0 Å². The number of ether oxygens (including phenoxy) is 2. The second-order valence-corrected chi connectivity index (χ2v) is 10.1. The minimum absolute atomic E-state index is 0.304. The molecular formula is C38H31N3O3. The van der Waals surface area contributed by atoms with E-state index in [2.05, 4.69) is 51.5 Å². The zero-order chi connectivity index (χ0) is 30.1. The zero-order valence-corrected chi connectivity index (χ0v) is 24.3. The highest BCUT2D eigenvalue weighted by atomic mass is 16.5. The summed E-state index contributed by atoms with van der Waals surface area (Å²) in [5.41, 5.74) is 10.3. The lowest BCUT2D eigenvalue weighted by molar-refractivity contribution is 0.0955. The molecule has 44 heavy (non-hydrogen) atoms. The fourth-order valence-corrected chi connectivity index (χ4v) is 4.99. The number of carbonyl (C=O) groups is 1. The third-order valence-electron chi connectivity index (χ3n) is 7.21. The molecule has 0 aliphatic carbocycles. The van der Waals surface area contributed by atoms with Crippen molar-refractivity contribution in [3.05, 3.63) is 162 Å². The molecule has 0 radical (unpaired) electrons. The summed E-state index contributed by atoms with van der Waals surface area (Å²) in [6, 6.07) is 47.8. The number of nitrogens with one attached hydrogen (secondary N) is 1. The van der Waals surface area contributed by atoms with Gasteiger partial charge in [0, 0.05) is 11.3 Å². The van der Waals surface area contributed by atoms with Crippen molar-refractivity contribution in [3.63, 3.8) is 0 Å². The van der Waals surface area contributed by atoms with Crippen LogP contribution in [0, 0.1) is 0 Å². The lowest BCUT2D eigenvalue weighted by Gasteiger charge is -2.15. The van der Waals surface area contributed by atoms with Crippen molar-refractivity contribution >= 4 is 12.1 Å². The molecular weight excluding hydrogens is 546 g/mol. The predicted molar refractivity (Wildman–Crippen MR) is 175 cm³/mol.